The number of nitrogens with zero attached hydrogens (tertiary/aromatic N) is 1. The predicted octanol–water partition coefficient (Wildman–Crippen LogP) is 1.59. The van der Waals surface area contributed by atoms with Gasteiger partial charge in [0.05, 0.1) is 19.6 Å². The minimum absolute atomic E-state index is 0.00846. The SMILES string of the molecule is O=C(O)CCC(=O)N1CCOC(c2ccc(F)cc2)C1. The van der Waals surface area contributed by atoms with Crippen molar-refractivity contribution in [2.75, 3.05) is 19.7 Å². The Hall–Kier alpha value is -1.95. The molecule has 1 aromatic rings. The highest BCUT2D eigenvalue weighted by Crippen LogP contribution is 2.23. The molecule has 5 nitrogen and oxygen atoms in total. The third-order valence-electron chi connectivity index (χ3n) is 3.21. The van der Waals surface area contributed by atoms with Crippen molar-refractivity contribution >= 4 is 11.9 Å². The maximum absolute atomic E-state index is 12.9. The van der Waals surface area contributed by atoms with E-state index in [9.17, 15) is 14.0 Å². The third kappa shape index (κ3) is 3.77. The average Bonchev–Trinajstić information content (AvgIpc) is 2.45. The highest BCUT2D eigenvalue weighted by molar-refractivity contribution is 5.80. The first-order valence-corrected chi connectivity index (χ1v) is 6.43. The van der Waals surface area contributed by atoms with E-state index in [2.05, 4.69) is 0 Å². The van der Waals surface area contributed by atoms with Crippen LogP contribution < -0.4 is 0 Å². The lowest BCUT2D eigenvalue weighted by Gasteiger charge is -2.33. The molecule has 0 aliphatic carbocycles. The van der Waals surface area contributed by atoms with Crippen LogP contribution >= 0.6 is 0 Å². The van der Waals surface area contributed by atoms with Gasteiger partial charge in [-0.3, -0.25) is 9.59 Å². The second-order valence-electron chi connectivity index (χ2n) is 4.64. The number of carbonyl (C=O) groups excluding carboxylic acids is 1. The van der Waals surface area contributed by atoms with Gasteiger partial charge in [0.1, 0.15) is 11.9 Å². The van der Waals surface area contributed by atoms with E-state index in [-0.39, 0.29) is 30.7 Å². The second-order valence-corrected chi connectivity index (χ2v) is 4.64. The zero-order valence-corrected chi connectivity index (χ0v) is 10.9. The molecule has 108 valence electrons. The van der Waals surface area contributed by atoms with E-state index < -0.39 is 5.97 Å². The van der Waals surface area contributed by atoms with Crippen molar-refractivity contribution in [3.05, 3.63) is 35.6 Å². The van der Waals surface area contributed by atoms with E-state index in [0.717, 1.165) is 5.56 Å². The molecule has 0 bridgehead atoms. The molecular formula is C14H16FNO4. The number of carboxylic acid groups (broad SMARTS) is 1. The number of carboxylic acids is 1. The van der Waals surface area contributed by atoms with E-state index in [1.807, 2.05) is 0 Å². The van der Waals surface area contributed by atoms with Crippen LogP contribution in [0.25, 0.3) is 0 Å². The summed E-state index contributed by atoms with van der Waals surface area (Å²) in [6.45, 7) is 1.21. The molecule has 2 rings (SSSR count). The largest absolute Gasteiger partial charge is 0.481 e. The fourth-order valence-electron chi connectivity index (χ4n) is 2.13. The van der Waals surface area contributed by atoms with Crippen molar-refractivity contribution in [1.82, 2.24) is 4.90 Å². The zero-order chi connectivity index (χ0) is 14.5. The van der Waals surface area contributed by atoms with Crippen LogP contribution in [0.15, 0.2) is 24.3 Å². The summed E-state index contributed by atoms with van der Waals surface area (Å²) in [6, 6.07) is 5.96. The quantitative estimate of drug-likeness (QED) is 0.910. The summed E-state index contributed by atoms with van der Waals surface area (Å²) >= 11 is 0. The maximum atomic E-state index is 12.9. The van der Waals surface area contributed by atoms with Crippen molar-refractivity contribution in [3.63, 3.8) is 0 Å². The van der Waals surface area contributed by atoms with Crippen LogP contribution in [0.4, 0.5) is 4.39 Å². The van der Waals surface area contributed by atoms with Crippen molar-refractivity contribution in [1.29, 1.82) is 0 Å². The van der Waals surface area contributed by atoms with Crippen LogP contribution in [0.2, 0.25) is 0 Å². The second kappa shape index (κ2) is 6.47. The lowest BCUT2D eigenvalue weighted by atomic mass is 10.1. The van der Waals surface area contributed by atoms with Crippen molar-refractivity contribution in [3.8, 4) is 0 Å². The topological polar surface area (TPSA) is 66.8 Å². The molecule has 0 spiro atoms. The number of carbonyl (C=O) groups is 2. The van der Waals surface area contributed by atoms with Gasteiger partial charge in [0.25, 0.3) is 0 Å². The fraction of sp³-hybridized carbons (Fsp3) is 0.429. The molecule has 1 atom stereocenters. The van der Waals surface area contributed by atoms with Crippen molar-refractivity contribution < 1.29 is 23.8 Å². The normalized spacial score (nSPS) is 18.9. The monoisotopic (exact) mass is 281 g/mol. The Bertz CT molecular complexity index is 488. The highest BCUT2D eigenvalue weighted by atomic mass is 19.1. The highest BCUT2D eigenvalue weighted by Gasteiger charge is 2.25. The number of aliphatic carboxylic acids is 1. The Balaban J connectivity index is 1.96. The fourth-order valence-corrected chi connectivity index (χ4v) is 2.13. The Morgan fingerprint density at radius 1 is 1.30 bits per heavy atom. The maximum Gasteiger partial charge on any atom is 0.303 e. The van der Waals surface area contributed by atoms with Gasteiger partial charge in [-0.25, -0.2) is 4.39 Å². The molecular weight excluding hydrogens is 265 g/mol. The molecule has 1 saturated heterocycles. The Kier molecular flexibility index (Phi) is 4.68. The summed E-state index contributed by atoms with van der Waals surface area (Å²) in [7, 11) is 0. The van der Waals surface area contributed by atoms with Gasteiger partial charge in [0.2, 0.25) is 5.91 Å². The summed E-state index contributed by atoms with van der Waals surface area (Å²) in [5.41, 5.74) is 0.808. The first-order valence-electron chi connectivity index (χ1n) is 6.43. The van der Waals surface area contributed by atoms with Crippen LogP contribution in [0.1, 0.15) is 24.5 Å². The van der Waals surface area contributed by atoms with Gasteiger partial charge < -0.3 is 14.7 Å². The van der Waals surface area contributed by atoms with Gasteiger partial charge in [-0.2, -0.15) is 0 Å². The van der Waals surface area contributed by atoms with Crippen LogP contribution in [0.3, 0.4) is 0 Å². The number of halogens is 1. The molecule has 6 heteroatoms. The predicted molar refractivity (Wildman–Crippen MR) is 68.5 cm³/mol. The van der Waals surface area contributed by atoms with Crippen molar-refractivity contribution in [2.24, 2.45) is 0 Å². The lowest BCUT2D eigenvalue weighted by Crippen LogP contribution is -2.42. The van der Waals surface area contributed by atoms with Gasteiger partial charge in [-0.05, 0) is 17.7 Å². The van der Waals surface area contributed by atoms with Crippen LogP contribution in [-0.2, 0) is 14.3 Å². The smallest absolute Gasteiger partial charge is 0.303 e. The van der Waals surface area contributed by atoms with Gasteiger partial charge in [0, 0.05) is 13.0 Å². The number of hydrogen-bond acceptors (Lipinski definition) is 3. The number of morpholine rings is 1. The van der Waals surface area contributed by atoms with Crippen LogP contribution in [0, 0.1) is 5.82 Å². The summed E-state index contributed by atoms with van der Waals surface area (Å²) in [4.78, 5) is 24.0. The summed E-state index contributed by atoms with van der Waals surface area (Å²) in [6.07, 6.45) is -0.471. The standard InChI is InChI=1S/C14H16FNO4/c15-11-3-1-10(2-4-11)12-9-16(7-8-20-12)13(17)5-6-14(18)19/h1-4,12H,5-9H2,(H,18,19). The molecule has 1 aliphatic heterocycles. The number of benzene rings is 1. The van der Waals surface area contributed by atoms with Gasteiger partial charge in [-0.1, -0.05) is 12.1 Å². The van der Waals surface area contributed by atoms with E-state index in [1.165, 1.54) is 12.1 Å². The Labute approximate surface area is 116 Å². The van der Waals surface area contributed by atoms with Crippen molar-refractivity contribution in [2.45, 2.75) is 18.9 Å². The minimum Gasteiger partial charge on any atom is -0.481 e. The van der Waals surface area contributed by atoms with E-state index in [0.29, 0.717) is 19.7 Å². The molecule has 20 heavy (non-hydrogen) atoms. The molecule has 1 N–H and O–H groups in total. The molecule has 1 aromatic carbocycles. The number of hydrogen-bond donors (Lipinski definition) is 1. The Morgan fingerprint density at radius 2 is 2.00 bits per heavy atom. The minimum atomic E-state index is -0.985. The molecule has 1 heterocycles. The summed E-state index contributed by atoms with van der Waals surface area (Å²) in [5.74, 6) is -1.50. The van der Waals surface area contributed by atoms with Gasteiger partial charge in [-0.15, -0.1) is 0 Å². The summed E-state index contributed by atoms with van der Waals surface area (Å²) in [5, 5.41) is 8.59. The molecule has 0 radical (unpaired) electrons. The van der Waals surface area contributed by atoms with Gasteiger partial charge in [0.15, 0.2) is 0 Å². The van der Waals surface area contributed by atoms with Crippen LogP contribution in [-0.4, -0.2) is 41.6 Å². The van der Waals surface area contributed by atoms with Crippen LogP contribution in [0.5, 0.6) is 0 Å². The number of ether oxygens (including phenoxy) is 1. The van der Waals surface area contributed by atoms with E-state index >= 15 is 0 Å². The molecule has 0 saturated carbocycles. The lowest BCUT2D eigenvalue weighted by molar-refractivity contribution is -0.144. The Morgan fingerprint density at radius 3 is 2.65 bits per heavy atom. The molecule has 1 fully saturated rings. The van der Waals surface area contributed by atoms with E-state index in [1.54, 1.807) is 17.0 Å². The summed E-state index contributed by atoms with van der Waals surface area (Å²) < 4.78 is 18.5. The zero-order valence-electron chi connectivity index (χ0n) is 10.9. The third-order valence-corrected chi connectivity index (χ3v) is 3.21. The van der Waals surface area contributed by atoms with Gasteiger partial charge >= 0.3 is 5.97 Å². The first kappa shape index (κ1) is 14.5. The first-order chi connectivity index (χ1) is 9.56. The molecule has 1 unspecified atom stereocenters. The average molecular weight is 281 g/mol. The molecule has 0 aromatic heterocycles. The molecule has 1 amide bonds. The van der Waals surface area contributed by atoms with E-state index in [4.69, 9.17) is 9.84 Å². The number of amides is 1. The molecule has 1 aliphatic rings. The number of rotatable bonds is 4.